The zero-order valence-corrected chi connectivity index (χ0v) is 13.9. The second-order valence-electron chi connectivity index (χ2n) is 5.46. The molecule has 3 heteroatoms. The topological polar surface area (TPSA) is 12.9 Å². The molecule has 4 aromatic rings. The third-order valence-corrected chi connectivity index (χ3v) is 5.05. The van der Waals surface area contributed by atoms with E-state index < -0.39 is 0 Å². The van der Waals surface area contributed by atoms with Gasteiger partial charge < -0.3 is 0 Å². The predicted octanol–water partition coefficient (Wildman–Crippen LogP) is 6.21. The zero-order valence-electron chi connectivity index (χ0n) is 12.4. The molecule has 0 saturated carbocycles. The Morgan fingerprint density at radius 1 is 0.826 bits per heavy atom. The minimum atomic E-state index is 0.773. The summed E-state index contributed by atoms with van der Waals surface area (Å²) < 4.78 is 1.22. The van der Waals surface area contributed by atoms with Crippen LogP contribution in [0.15, 0.2) is 72.8 Å². The predicted molar refractivity (Wildman–Crippen MR) is 99.3 cm³/mol. The molecule has 0 spiro atoms. The van der Waals surface area contributed by atoms with Crippen LogP contribution in [-0.2, 0) is 6.42 Å². The Balaban J connectivity index is 1.68. The lowest BCUT2D eigenvalue weighted by atomic mass is 10.1. The van der Waals surface area contributed by atoms with Crippen molar-refractivity contribution in [2.75, 3.05) is 0 Å². The van der Waals surface area contributed by atoms with E-state index in [0.717, 1.165) is 22.0 Å². The van der Waals surface area contributed by atoms with Crippen molar-refractivity contribution in [1.29, 1.82) is 0 Å². The van der Waals surface area contributed by atoms with Gasteiger partial charge in [-0.25, -0.2) is 4.98 Å². The second kappa shape index (κ2) is 6.15. The van der Waals surface area contributed by atoms with Crippen LogP contribution < -0.4 is 0 Å². The van der Waals surface area contributed by atoms with E-state index in [2.05, 4.69) is 48.5 Å². The highest BCUT2D eigenvalue weighted by atomic mass is 35.5. The van der Waals surface area contributed by atoms with Crippen LogP contribution in [0.4, 0.5) is 0 Å². The first kappa shape index (κ1) is 14.4. The van der Waals surface area contributed by atoms with Crippen LogP contribution in [0.25, 0.3) is 21.3 Å². The number of fused-ring (bicyclic) bond motifs is 1. The first-order valence-electron chi connectivity index (χ1n) is 7.47. The molecular formula is C20H14ClNS. The van der Waals surface area contributed by atoms with E-state index in [1.165, 1.54) is 21.4 Å². The van der Waals surface area contributed by atoms with Gasteiger partial charge in [-0.1, -0.05) is 60.1 Å². The number of rotatable bonds is 3. The molecule has 0 bridgehead atoms. The molecule has 0 saturated heterocycles. The lowest BCUT2D eigenvalue weighted by Gasteiger charge is -2.00. The fourth-order valence-corrected chi connectivity index (χ4v) is 3.88. The van der Waals surface area contributed by atoms with Gasteiger partial charge in [0.15, 0.2) is 0 Å². The van der Waals surface area contributed by atoms with Gasteiger partial charge in [0.2, 0.25) is 0 Å². The van der Waals surface area contributed by atoms with Crippen LogP contribution in [0.3, 0.4) is 0 Å². The van der Waals surface area contributed by atoms with E-state index in [4.69, 9.17) is 16.6 Å². The quantitative estimate of drug-likeness (QED) is 0.434. The monoisotopic (exact) mass is 335 g/mol. The molecule has 23 heavy (non-hydrogen) atoms. The van der Waals surface area contributed by atoms with Gasteiger partial charge in [-0.15, -0.1) is 11.3 Å². The summed E-state index contributed by atoms with van der Waals surface area (Å²) in [7, 11) is 0. The number of aromatic nitrogens is 1. The SMILES string of the molecule is Clc1cccc(Cc2nc3cc(-c4ccccc4)ccc3s2)c1. The second-order valence-corrected chi connectivity index (χ2v) is 7.01. The molecule has 1 aromatic heterocycles. The summed E-state index contributed by atoms with van der Waals surface area (Å²) in [6, 6.07) is 24.9. The van der Waals surface area contributed by atoms with Gasteiger partial charge in [0.1, 0.15) is 0 Å². The van der Waals surface area contributed by atoms with E-state index in [0.29, 0.717) is 0 Å². The standard InChI is InChI=1S/C20H14ClNS/c21-17-8-4-5-14(11-17)12-20-22-18-13-16(9-10-19(18)23-20)15-6-2-1-3-7-15/h1-11,13H,12H2. The molecule has 0 atom stereocenters. The molecule has 0 N–H and O–H groups in total. The Labute approximate surface area is 144 Å². The molecule has 112 valence electrons. The first-order chi connectivity index (χ1) is 11.3. The maximum Gasteiger partial charge on any atom is 0.0982 e. The zero-order chi connectivity index (χ0) is 15.6. The number of benzene rings is 3. The van der Waals surface area contributed by atoms with E-state index in [1.54, 1.807) is 11.3 Å². The minimum Gasteiger partial charge on any atom is -0.241 e. The Hall–Kier alpha value is -2.16. The summed E-state index contributed by atoms with van der Waals surface area (Å²) in [6.45, 7) is 0. The number of nitrogens with zero attached hydrogens (tertiary/aromatic N) is 1. The molecule has 4 rings (SSSR count). The Morgan fingerprint density at radius 3 is 2.52 bits per heavy atom. The molecule has 0 radical (unpaired) electrons. The average molecular weight is 336 g/mol. The van der Waals surface area contributed by atoms with Crippen molar-refractivity contribution in [3.63, 3.8) is 0 Å². The van der Waals surface area contributed by atoms with E-state index in [-0.39, 0.29) is 0 Å². The Kier molecular flexibility index (Phi) is 3.86. The summed E-state index contributed by atoms with van der Waals surface area (Å²) in [5.41, 5.74) is 4.68. The van der Waals surface area contributed by atoms with Crippen molar-refractivity contribution in [1.82, 2.24) is 4.98 Å². The Bertz CT molecular complexity index is 960. The fraction of sp³-hybridized carbons (Fsp3) is 0.0500. The van der Waals surface area contributed by atoms with Crippen LogP contribution in [0, 0.1) is 0 Å². The van der Waals surface area contributed by atoms with E-state index in [9.17, 15) is 0 Å². The van der Waals surface area contributed by atoms with Gasteiger partial charge in [-0.3, -0.25) is 0 Å². The van der Waals surface area contributed by atoms with Gasteiger partial charge in [-0.05, 0) is 41.0 Å². The van der Waals surface area contributed by atoms with Crippen LogP contribution in [0.5, 0.6) is 0 Å². The lowest BCUT2D eigenvalue weighted by molar-refractivity contribution is 1.16. The normalized spacial score (nSPS) is 11.0. The van der Waals surface area contributed by atoms with Crippen LogP contribution in [-0.4, -0.2) is 4.98 Å². The van der Waals surface area contributed by atoms with Gasteiger partial charge in [0, 0.05) is 11.4 Å². The van der Waals surface area contributed by atoms with Crippen molar-refractivity contribution in [3.05, 3.63) is 88.4 Å². The summed E-state index contributed by atoms with van der Waals surface area (Å²) in [5.74, 6) is 0. The lowest BCUT2D eigenvalue weighted by Crippen LogP contribution is -1.86. The molecule has 0 unspecified atom stereocenters. The Morgan fingerprint density at radius 2 is 1.70 bits per heavy atom. The third kappa shape index (κ3) is 3.14. The molecule has 1 heterocycles. The molecule has 0 aliphatic rings. The van der Waals surface area contributed by atoms with Gasteiger partial charge in [0.05, 0.1) is 15.2 Å². The summed E-state index contributed by atoms with van der Waals surface area (Å²) >= 11 is 7.81. The molecule has 1 nitrogen and oxygen atoms in total. The molecule has 0 aliphatic carbocycles. The van der Waals surface area contributed by atoms with Crippen molar-refractivity contribution in [2.45, 2.75) is 6.42 Å². The smallest absolute Gasteiger partial charge is 0.0982 e. The maximum atomic E-state index is 6.06. The summed E-state index contributed by atoms with van der Waals surface area (Å²) in [4.78, 5) is 4.80. The number of hydrogen-bond donors (Lipinski definition) is 0. The number of hydrogen-bond acceptors (Lipinski definition) is 2. The highest BCUT2D eigenvalue weighted by Gasteiger charge is 2.07. The first-order valence-corrected chi connectivity index (χ1v) is 8.67. The largest absolute Gasteiger partial charge is 0.241 e. The third-order valence-electron chi connectivity index (χ3n) is 3.78. The van der Waals surface area contributed by atoms with Crippen LogP contribution in [0.2, 0.25) is 5.02 Å². The molecule has 0 amide bonds. The summed E-state index contributed by atoms with van der Waals surface area (Å²) in [5, 5.41) is 1.89. The highest BCUT2D eigenvalue weighted by molar-refractivity contribution is 7.18. The van der Waals surface area contributed by atoms with Crippen LogP contribution >= 0.6 is 22.9 Å². The molecular weight excluding hydrogens is 322 g/mol. The molecule has 0 fully saturated rings. The maximum absolute atomic E-state index is 6.06. The van der Waals surface area contributed by atoms with Crippen molar-refractivity contribution >= 4 is 33.2 Å². The van der Waals surface area contributed by atoms with Crippen molar-refractivity contribution < 1.29 is 0 Å². The van der Waals surface area contributed by atoms with Gasteiger partial charge in [-0.2, -0.15) is 0 Å². The average Bonchev–Trinajstić information content (AvgIpc) is 2.97. The summed E-state index contributed by atoms with van der Waals surface area (Å²) in [6.07, 6.45) is 0.820. The number of halogens is 1. The van der Waals surface area contributed by atoms with Crippen molar-refractivity contribution in [2.24, 2.45) is 0 Å². The number of thiazole rings is 1. The molecule has 3 aromatic carbocycles. The van der Waals surface area contributed by atoms with Gasteiger partial charge >= 0.3 is 0 Å². The molecule has 0 aliphatic heterocycles. The fourth-order valence-electron chi connectivity index (χ4n) is 2.68. The van der Waals surface area contributed by atoms with Crippen LogP contribution in [0.1, 0.15) is 10.6 Å². The minimum absolute atomic E-state index is 0.773. The highest BCUT2D eigenvalue weighted by Crippen LogP contribution is 2.29. The van der Waals surface area contributed by atoms with E-state index in [1.807, 2.05) is 24.3 Å². The van der Waals surface area contributed by atoms with Crippen molar-refractivity contribution in [3.8, 4) is 11.1 Å². The van der Waals surface area contributed by atoms with Gasteiger partial charge in [0.25, 0.3) is 0 Å². The van der Waals surface area contributed by atoms with E-state index >= 15 is 0 Å².